The van der Waals surface area contributed by atoms with Gasteiger partial charge in [0.15, 0.2) is 11.7 Å². The maximum absolute atomic E-state index is 12.0. The number of carbonyl (C=O) groups excluding carboxylic acids is 2. The van der Waals surface area contributed by atoms with Crippen LogP contribution >= 0.6 is 11.3 Å². The molecule has 0 radical (unpaired) electrons. The van der Waals surface area contributed by atoms with Gasteiger partial charge in [-0.15, -0.1) is 0 Å². The minimum Gasteiger partial charge on any atom is -0.497 e. The molecule has 0 atom stereocenters. The minimum absolute atomic E-state index is 0.317. The molecule has 2 heterocycles. The van der Waals surface area contributed by atoms with E-state index in [0.717, 1.165) is 10.2 Å². The number of carbonyl (C=O) groups is 2. The van der Waals surface area contributed by atoms with Crippen LogP contribution < -0.4 is 10.1 Å². The van der Waals surface area contributed by atoms with E-state index in [1.165, 1.54) is 11.3 Å². The Morgan fingerprint density at radius 2 is 2.08 bits per heavy atom. The number of ether oxygens (including phenoxy) is 2. The van der Waals surface area contributed by atoms with Crippen molar-refractivity contribution < 1.29 is 23.5 Å². The number of hydrogen-bond acceptors (Lipinski definition) is 7. The Balaban J connectivity index is 1.61. The molecule has 0 unspecified atom stereocenters. The summed E-state index contributed by atoms with van der Waals surface area (Å²) >= 11 is 1.31. The SMILES string of the molecule is COc1ccc2nc(NC(=O)COC(=O)c3cc(C)oc3C)sc2c1. The predicted octanol–water partition coefficient (Wildman–Crippen LogP) is 3.31. The van der Waals surface area contributed by atoms with Crippen molar-refractivity contribution in [2.24, 2.45) is 0 Å². The van der Waals surface area contributed by atoms with Crippen molar-refractivity contribution in [2.75, 3.05) is 19.0 Å². The number of hydrogen-bond donors (Lipinski definition) is 1. The first-order valence-electron chi connectivity index (χ1n) is 7.45. The lowest BCUT2D eigenvalue weighted by atomic mass is 10.2. The molecule has 2 aromatic heterocycles. The van der Waals surface area contributed by atoms with E-state index >= 15 is 0 Å². The number of thiazole rings is 1. The van der Waals surface area contributed by atoms with Crippen molar-refractivity contribution >= 4 is 38.6 Å². The molecule has 7 nitrogen and oxygen atoms in total. The van der Waals surface area contributed by atoms with Crippen LogP contribution in [0.25, 0.3) is 10.2 Å². The zero-order chi connectivity index (χ0) is 18.0. The second-order valence-corrected chi connectivity index (χ2v) is 6.33. The molecule has 0 spiro atoms. The summed E-state index contributed by atoms with van der Waals surface area (Å²) in [6.45, 7) is 3.00. The van der Waals surface area contributed by atoms with E-state index in [9.17, 15) is 9.59 Å². The highest BCUT2D eigenvalue weighted by Crippen LogP contribution is 2.29. The molecular formula is C17H16N2O5S. The fraction of sp³-hybridized carbons (Fsp3) is 0.235. The number of aryl methyl sites for hydroxylation is 2. The third-order valence-electron chi connectivity index (χ3n) is 3.44. The lowest BCUT2D eigenvalue weighted by Gasteiger charge is -2.03. The standard InChI is InChI=1S/C17H16N2O5S/c1-9-6-12(10(2)24-9)16(21)23-8-15(20)19-17-18-13-5-4-11(22-3)7-14(13)25-17/h4-7H,8H2,1-3H3,(H,18,19,20). The summed E-state index contributed by atoms with van der Waals surface area (Å²) in [5.74, 6) is 0.728. The average Bonchev–Trinajstić information content (AvgIpc) is 3.13. The summed E-state index contributed by atoms with van der Waals surface area (Å²) in [4.78, 5) is 28.2. The van der Waals surface area contributed by atoms with Crippen LogP contribution in [0, 0.1) is 13.8 Å². The van der Waals surface area contributed by atoms with E-state index in [4.69, 9.17) is 13.9 Å². The maximum Gasteiger partial charge on any atom is 0.342 e. The summed E-state index contributed by atoms with van der Waals surface area (Å²) in [5.41, 5.74) is 1.07. The van der Waals surface area contributed by atoms with Gasteiger partial charge >= 0.3 is 5.97 Å². The van der Waals surface area contributed by atoms with Crippen LogP contribution in [0.5, 0.6) is 5.75 Å². The molecule has 0 saturated carbocycles. The van der Waals surface area contributed by atoms with Gasteiger partial charge in [0, 0.05) is 0 Å². The van der Waals surface area contributed by atoms with Crippen molar-refractivity contribution in [2.45, 2.75) is 13.8 Å². The van der Waals surface area contributed by atoms with Gasteiger partial charge in [0.05, 0.1) is 17.3 Å². The Morgan fingerprint density at radius 3 is 2.76 bits per heavy atom. The van der Waals surface area contributed by atoms with Crippen LogP contribution in [0.15, 0.2) is 28.7 Å². The number of esters is 1. The van der Waals surface area contributed by atoms with Crippen molar-refractivity contribution in [1.82, 2.24) is 4.98 Å². The van der Waals surface area contributed by atoms with E-state index in [1.807, 2.05) is 12.1 Å². The molecule has 130 valence electrons. The quantitative estimate of drug-likeness (QED) is 0.702. The summed E-state index contributed by atoms with van der Waals surface area (Å²) in [5, 5.41) is 3.05. The Hall–Kier alpha value is -2.87. The summed E-state index contributed by atoms with van der Waals surface area (Å²) in [6, 6.07) is 7.03. The van der Waals surface area contributed by atoms with Gasteiger partial charge in [0.1, 0.15) is 22.8 Å². The number of anilines is 1. The Kier molecular flexibility index (Phi) is 4.71. The van der Waals surface area contributed by atoms with Gasteiger partial charge in [-0.2, -0.15) is 0 Å². The second-order valence-electron chi connectivity index (χ2n) is 5.30. The Morgan fingerprint density at radius 1 is 1.28 bits per heavy atom. The highest BCUT2D eigenvalue weighted by molar-refractivity contribution is 7.22. The Labute approximate surface area is 147 Å². The predicted molar refractivity (Wildman–Crippen MR) is 93.3 cm³/mol. The first-order chi connectivity index (χ1) is 12.0. The fourth-order valence-electron chi connectivity index (χ4n) is 2.28. The van der Waals surface area contributed by atoms with Crippen molar-refractivity contribution in [1.29, 1.82) is 0 Å². The molecule has 0 bridgehead atoms. The number of nitrogens with zero attached hydrogens (tertiary/aromatic N) is 1. The molecule has 3 aromatic rings. The van der Waals surface area contributed by atoms with Crippen LogP contribution in [-0.2, 0) is 9.53 Å². The first-order valence-corrected chi connectivity index (χ1v) is 8.26. The lowest BCUT2D eigenvalue weighted by molar-refractivity contribution is -0.119. The third kappa shape index (κ3) is 3.80. The third-order valence-corrected chi connectivity index (χ3v) is 4.37. The van der Waals surface area contributed by atoms with Crippen LogP contribution in [-0.4, -0.2) is 30.6 Å². The normalized spacial score (nSPS) is 10.7. The zero-order valence-electron chi connectivity index (χ0n) is 13.9. The zero-order valence-corrected chi connectivity index (χ0v) is 14.7. The number of rotatable bonds is 5. The van der Waals surface area contributed by atoms with Crippen molar-refractivity contribution in [3.05, 3.63) is 41.3 Å². The molecule has 1 amide bonds. The molecule has 25 heavy (non-hydrogen) atoms. The molecule has 3 rings (SSSR count). The topological polar surface area (TPSA) is 90.7 Å². The fourth-order valence-corrected chi connectivity index (χ4v) is 3.19. The van der Waals surface area contributed by atoms with Gasteiger partial charge < -0.3 is 13.9 Å². The summed E-state index contributed by atoms with van der Waals surface area (Å²) < 4.78 is 16.3. The van der Waals surface area contributed by atoms with E-state index in [0.29, 0.717) is 28.0 Å². The largest absolute Gasteiger partial charge is 0.497 e. The van der Waals surface area contributed by atoms with Gasteiger partial charge in [0.2, 0.25) is 0 Å². The van der Waals surface area contributed by atoms with Gasteiger partial charge in [-0.05, 0) is 38.1 Å². The number of aromatic nitrogens is 1. The highest BCUT2D eigenvalue weighted by atomic mass is 32.1. The molecule has 0 fully saturated rings. The number of nitrogens with one attached hydrogen (secondary N) is 1. The van der Waals surface area contributed by atoms with E-state index in [2.05, 4.69) is 10.3 Å². The van der Waals surface area contributed by atoms with Crippen molar-refractivity contribution in [3.8, 4) is 5.75 Å². The smallest absolute Gasteiger partial charge is 0.342 e. The van der Waals surface area contributed by atoms with Gasteiger partial charge in [-0.3, -0.25) is 10.1 Å². The molecule has 1 aromatic carbocycles. The lowest BCUT2D eigenvalue weighted by Crippen LogP contribution is -2.20. The average molecular weight is 360 g/mol. The van der Waals surface area contributed by atoms with Gasteiger partial charge in [-0.1, -0.05) is 11.3 Å². The minimum atomic E-state index is -0.599. The van der Waals surface area contributed by atoms with E-state index in [-0.39, 0.29) is 0 Å². The van der Waals surface area contributed by atoms with Crippen LogP contribution in [0.2, 0.25) is 0 Å². The molecule has 8 heteroatoms. The molecule has 0 aliphatic carbocycles. The molecule has 1 N–H and O–H groups in total. The molecule has 0 saturated heterocycles. The van der Waals surface area contributed by atoms with Crippen LogP contribution in [0.3, 0.4) is 0 Å². The van der Waals surface area contributed by atoms with E-state index in [1.54, 1.807) is 33.1 Å². The van der Waals surface area contributed by atoms with Gasteiger partial charge in [0.25, 0.3) is 5.91 Å². The van der Waals surface area contributed by atoms with Crippen LogP contribution in [0.1, 0.15) is 21.9 Å². The number of fused-ring (bicyclic) bond motifs is 1. The molecule has 0 aliphatic rings. The van der Waals surface area contributed by atoms with Gasteiger partial charge in [-0.25, -0.2) is 9.78 Å². The molecule has 0 aliphatic heterocycles. The second kappa shape index (κ2) is 6.94. The Bertz CT molecular complexity index is 944. The summed E-state index contributed by atoms with van der Waals surface area (Å²) in [7, 11) is 1.59. The highest BCUT2D eigenvalue weighted by Gasteiger charge is 2.17. The van der Waals surface area contributed by atoms with Crippen molar-refractivity contribution in [3.63, 3.8) is 0 Å². The van der Waals surface area contributed by atoms with E-state index < -0.39 is 18.5 Å². The monoisotopic (exact) mass is 360 g/mol. The van der Waals surface area contributed by atoms with Crippen LogP contribution in [0.4, 0.5) is 5.13 Å². The summed E-state index contributed by atoms with van der Waals surface area (Å²) in [6.07, 6.45) is 0. The first kappa shape index (κ1) is 17.0. The maximum atomic E-state index is 12.0. The number of furan rings is 1. The number of benzene rings is 1. The number of amides is 1. The number of methoxy groups -OCH3 is 1. The molecular weight excluding hydrogens is 344 g/mol.